The molecule has 3 rings (SSSR count). The maximum atomic E-state index is 12.3. The number of nitrogens with one attached hydrogen (secondary N) is 1. The molecule has 0 aliphatic carbocycles. The normalized spacial score (nSPS) is 10.8. The minimum absolute atomic E-state index is 0.0900. The molecule has 2 aromatic carbocycles. The summed E-state index contributed by atoms with van der Waals surface area (Å²) >= 11 is 6.08. The molecule has 0 saturated carbocycles. The van der Waals surface area contributed by atoms with Crippen molar-refractivity contribution in [2.45, 2.75) is 19.9 Å². The highest BCUT2D eigenvalue weighted by Crippen LogP contribution is 2.31. The fourth-order valence-electron chi connectivity index (χ4n) is 2.55. The number of methoxy groups -OCH3 is 1. The predicted octanol–water partition coefficient (Wildman–Crippen LogP) is 4.04. The highest BCUT2D eigenvalue weighted by Gasteiger charge is 2.11. The van der Waals surface area contributed by atoms with Crippen LogP contribution in [0.2, 0.25) is 5.02 Å². The Hall–Kier alpha value is -2.53. The number of ether oxygens (including phenoxy) is 1. The number of fused-ring (bicyclic) bond motifs is 1. The second kappa shape index (κ2) is 6.93. The van der Waals surface area contributed by atoms with Gasteiger partial charge in [0.2, 0.25) is 5.91 Å². The van der Waals surface area contributed by atoms with E-state index in [1.165, 1.54) is 0 Å². The van der Waals surface area contributed by atoms with Crippen molar-refractivity contribution in [2.24, 2.45) is 0 Å². The lowest BCUT2D eigenvalue weighted by Gasteiger charge is -2.12. The number of aromatic nitrogens is 2. The Morgan fingerprint density at radius 2 is 2.12 bits per heavy atom. The first-order chi connectivity index (χ1) is 11.6. The number of rotatable bonds is 5. The van der Waals surface area contributed by atoms with Crippen LogP contribution in [0.3, 0.4) is 0 Å². The third-order valence-electron chi connectivity index (χ3n) is 3.86. The minimum Gasteiger partial charge on any atom is -0.495 e. The smallest absolute Gasteiger partial charge is 0.226 e. The van der Waals surface area contributed by atoms with E-state index >= 15 is 0 Å². The van der Waals surface area contributed by atoms with Crippen LogP contribution in [-0.4, -0.2) is 22.6 Å². The Balaban J connectivity index is 1.69. The highest BCUT2D eigenvalue weighted by molar-refractivity contribution is 6.31. The summed E-state index contributed by atoms with van der Waals surface area (Å²) in [7, 11) is 1.55. The molecule has 5 nitrogen and oxygen atoms in total. The first-order valence-corrected chi connectivity index (χ1v) is 8.00. The van der Waals surface area contributed by atoms with Gasteiger partial charge in [0.05, 0.1) is 30.2 Å². The van der Waals surface area contributed by atoms with Gasteiger partial charge in [0.15, 0.2) is 0 Å². The average Bonchev–Trinajstić information content (AvgIpc) is 2.99. The van der Waals surface area contributed by atoms with E-state index in [4.69, 9.17) is 16.3 Å². The van der Waals surface area contributed by atoms with Crippen molar-refractivity contribution in [1.29, 1.82) is 0 Å². The lowest BCUT2D eigenvalue weighted by Crippen LogP contribution is -2.15. The summed E-state index contributed by atoms with van der Waals surface area (Å²) in [6, 6.07) is 11.4. The van der Waals surface area contributed by atoms with Crippen LogP contribution < -0.4 is 10.1 Å². The molecule has 0 saturated heterocycles. The van der Waals surface area contributed by atoms with Crippen molar-refractivity contribution in [2.75, 3.05) is 12.4 Å². The third-order valence-corrected chi connectivity index (χ3v) is 4.27. The van der Waals surface area contributed by atoms with Gasteiger partial charge in [0.1, 0.15) is 5.75 Å². The van der Waals surface area contributed by atoms with E-state index in [2.05, 4.69) is 10.3 Å². The molecule has 0 fully saturated rings. The number of halogens is 1. The Labute approximate surface area is 145 Å². The minimum atomic E-state index is -0.0900. The van der Waals surface area contributed by atoms with Gasteiger partial charge in [0, 0.05) is 24.1 Å². The summed E-state index contributed by atoms with van der Waals surface area (Å²) in [5.74, 6) is 0.458. The fourth-order valence-corrected chi connectivity index (χ4v) is 2.71. The maximum Gasteiger partial charge on any atom is 0.226 e. The second-order valence-corrected chi connectivity index (χ2v) is 5.93. The zero-order chi connectivity index (χ0) is 17.1. The van der Waals surface area contributed by atoms with E-state index in [9.17, 15) is 4.79 Å². The number of aryl methyl sites for hydroxylation is 2. The number of amides is 1. The van der Waals surface area contributed by atoms with Crippen molar-refractivity contribution in [3.8, 4) is 5.75 Å². The van der Waals surface area contributed by atoms with Gasteiger partial charge < -0.3 is 14.6 Å². The predicted molar refractivity (Wildman–Crippen MR) is 95.7 cm³/mol. The summed E-state index contributed by atoms with van der Waals surface area (Å²) in [5.41, 5.74) is 3.45. The van der Waals surface area contributed by atoms with Gasteiger partial charge in [-0.1, -0.05) is 23.7 Å². The average molecular weight is 344 g/mol. The zero-order valence-electron chi connectivity index (χ0n) is 13.5. The van der Waals surface area contributed by atoms with E-state index in [-0.39, 0.29) is 5.91 Å². The third kappa shape index (κ3) is 3.36. The lowest BCUT2D eigenvalue weighted by molar-refractivity contribution is -0.116. The molecule has 1 heterocycles. The number of carbonyl (C=O) groups is 1. The number of imidazole rings is 1. The number of benzene rings is 2. The quantitative estimate of drug-likeness (QED) is 0.760. The summed E-state index contributed by atoms with van der Waals surface area (Å²) in [6.45, 7) is 2.44. The molecule has 0 unspecified atom stereocenters. The largest absolute Gasteiger partial charge is 0.495 e. The highest BCUT2D eigenvalue weighted by atomic mass is 35.5. The van der Waals surface area contributed by atoms with Crippen molar-refractivity contribution < 1.29 is 9.53 Å². The Bertz CT molecular complexity index is 889. The van der Waals surface area contributed by atoms with Crippen molar-refractivity contribution in [1.82, 2.24) is 9.55 Å². The van der Waals surface area contributed by atoms with Gasteiger partial charge in [0.25, 0.3) is 0 Å². The monoisotopic (exact) mass is 343 g/mol. The number of carbonyl (C=O) groups excluding carboxylic acids is 1. The van der Waals surface area contributed by atoms with E-state index in [0.29, 0.717) is 29.4 Å². The number of hydrogen-bond donors (Lipinski definition) is 1. The van der Waals surface area contributed by atoms with Crippen molar-refractivity contribution in [3.05, 3.63) is 53.3 Å². The Morgan fingerprint density at radius 3 is 2.92 bits per heavy atom. The van der Waals surface area contributed by atoms with Crippen LogP contribution in [0.25, 0.3) is 11.0 Å². The van der Waals surface area contributed by atoms with Gasteiger partial charge >= 0.3 is 0 Å². The standard InChI is InChI=1S/C18H18ClN3O2/c1-12-9-15(17(24-2)10-13(12)19)21-18(23)7-8-22-11-20-14-5-3-4-6-16(14)22/h3-6,9-11H,7-8H2,1-2H3,(H,21,23). The topological polar surface area (TPSA) is 56.1 Å². The number of para-hydroxylation sites is 2. The molecule has 3 aromatic rings. The molecular formula is C18H18ClN3O2. The second-order valence-electron chi connectivity index (χ2n) is 5.53. The van der Waals surface area contributed by atoms with Crippen molar-refractivity contribution in [3.63, 3.8) is 0 Å². The molecule has 0 atom stereocenters. The molecule has 24 heavy (non-hydrogen) atoms. The summed E-state index contributed by atoms with van der Waals surface area (Å²) in [6.07, 6.45) is 2.09. The van der Waals surface area contributed by atoms with Gasteiger partial charge in [-0.2, -0.15) is 0 Å². The summed E-state index contributed by atoms with van der Waals surface area (Å²) in [4.78, 5) is 16.6. The molecule has 0 spiro atoms. The SMILES string of the molecule is COc1cc(Cl)c(C)cc1NC(=O)CCn1cnc2ccccc21. The molecule has 0 radical (unpaired) electrons. The van der Waals surface area contributed by atoms with E-state index in [1.807, 2.05) is 41.8 Å². The van der Waals surface area contributed by atoms with Gasteiger partial charge in [-0.15, -0.1) is 0 Å². The van der Waals surface area contributed by atoms with Gasteiger partial charge in [-0.25, -0.2) is 4.98 Å². The molecule has 0 aliphatic heterocycles. The van der Waals surface area contributed by atoms with Crippen LogP contribution in [0, 0.1) is 6.92 Å². The number of hydrogen-bond acceptors (Lipinski definition) is 3. The Kier molecular flexibility index (Phi) is 4.71. The first kappa shape index (κ1) is 16.3. The molecule has 6 heteroatoms. The molecule has 0 aliphatic rings. The molecule has 1 N–H and O–H groups in total. The van der Waals surface area contributed by atoms with Crippen LogP contribution in [0.1, 0.15) is 12.0 Å². The Morgan fingerprint density at radius 1 is 1.33 bits per heavy atom. The van der Waals surface area contributed by atoms with Crippen LogP contribution >= 0.6 is 11.6 Å². The summed E-state index contributed by atoms with van der Waals surface area (Å²) < 4.78 is 7.25. The number of anilines is 1. The molecule has 124 valence electrons. The van der Waals surface area contributed by atoms with Gasteiger partial charge in [-0.05, 0) is 30.7 Å². The van der Waals surface area contributed by atoms with E-state index < -0.39 is 0 Å². The van der Waals surface area contributed by atoms with E-state index in [1.54, 1.807) is 19.5 Å². The van der Waals surface area contributed by atoms with Gasteiger partial charge in [-0.3, -0.25) is 4.79 Å². The lowest BCUT2D eigenvalue weighted by atomic mass is 10.2. The molecule has 0 bridgehead atoms. The molecule has 1 amide bonds. The maximum absolute atomic E-state index is 12.3. The van der Waals surface area contributed by atoms with Crippen LogP contribution in [0.5, 0.6) is 5.75 Å². The zero-order valence-corrected chi connectivity index (χ0v) is 14.3. The van der Waals surface area contributed by atoms with Crippen molar-refractivity contribution >= 4 is 34.2 Å². The van der Waals surface area contributed by atoms with E-state index in [0.717, 1.165) is 16.6 Å². The first-order valence-electron chi connectivity index (χ1n) is 7.62. The molecular weight excluding hydrogens is 326 g/mol. The van der Waals surface area contributed by atoms with Crippen LogP contribution in [0.4, 0.5) is 5.69 Å². The van der Waals surface area contributed by atoms with Crippen LogP contribution in [0.15, 0.2) is 42.7 Å². The summed E-state index contributed by atoms with van der Waals surface area (Å²) in [5, 5.41) is 3.49. The van der Waals surface area contributed by atoms with Crippen LogP contribution in [-0.2, 0) is 11.3 Å². The number of nitrogens with zero attached hydrogens (tertiary/aromatic N) is 2. The molecule has 1 aromatic heterocycles. The fraction of sp³-hybridized carbons (Fsp3) is 0.222.